The first-order valence-electron chi connectivity index (χ1n) is 7.31. The maximum atomic E-state index is 12.4. The number of esters is 1. The Balaban J connectivity index is 2.31. The number of fused-ring (bicyclic) bond motifs is 2. The van der Waals surface area contributed by atoms with Gasteiger partial charge in [-0.2, -0.15) is 0 Å². The summed E-state index contributed by atoms with van der Waals surface area (Å²) in [5, 5.41) is 10.6. The number of hydrogen-bond donors (Lipinski definition) is 1. The molecule has 2 aromatic rings. The molecule has 7 nitrogen and oxygen atoms in total. The van der Waals surface area contributed by atoms with Gasteiger partial charge in [0, 0.05) is 5.39 Å². The Morgan fingerprint density at radius 2 is 1.83 bits per heavy atom. The lowest BCUT2D eigenvalue weighted by Crippen LogP contribution is -2.17. The standard InChI is InChI=1S/C17H16O7/c1-8(2)24-17(20)14-11(16(18)19)4-9-5-12-13(23-7-22-12)6-10(9)15(14)21-3/h4-6,8H,7H2,1-3H3,(H,18,19). The second-order valence-corrected chi connectivity index (χ2v) is 5.52. The number of methoxy groups -OCH3 is 1. The Labute approximate surface area is 137 Å². The van der Waals surface area contributed by atoms with Gasteiger partial charge in [0.1, 0.15) is 11.3 Å². The van der Waals surface area contributed by atoms with Crippen LogP contribution in [0.15, 0.2) is 18.2 Å². The normalized spacial score (nSPS) is 12.5. The van der Waals surface area contributed by atoms with Gasteiger partial charge >= 0.3 is 11.9 Å². The second kappa shape index (κ2) is 5.92. The Kier molecular flexibility index (Phi) is 3.92. The van der Waals surface area contributed by atoms with Gasteiger partial charge in [-0.3, -0.25) is 0 Å². The van der Waals surface area contributed by atoms with Crippen molar-refractivity contribution in [2.75, 3.05) is 13.9 Å². The van der Waals surface area contributed by atoms with Crippen molar-refractivity contribution in [2.24, 2.45) is 0 Å². The summed E-state index contributed by atoms with van der Waals surface area (Å²) in [6.07, 6.45) is -0.392. The maximum absolute atomic E-state index is 12.4. The fourth-order valence-corrected chi connectivity index (χ4v) is 2.61. The minimum absolute atomic E-state index is 0.0853. The van der Waals surface area contributed by atoms with Crippen molar-refractivity contribution in [3.63, 3.8) is 0 Å². The van der Waals surface area contributed by atoms with Gasteiger partial charge in [-0.05, 0) is 37.4 Å². The number of carboxylic acid groups (broad SMARTS) is 1. The van der Waals surface area contributed by atoms with E-state index in [0.717, 1.165) is 0 Å². The van der Waals surface area contributed by atoms with E-state index in [4.69, 9.17) is 18.9 Å². The van der Waals surface area contributed by atoms with Crippen LogP contribution in [0.3, 0.4) is 0 Å². The highest BCUT2D eigenvalue weighted by Gasteiger charge is 2.28. The molecule has 24 heavy (non-hydrogen) atoms. The third-order valence-corrected chi connectivity index (χ3v) is 3.57. The van der Waals surface area contributed by atoms with Crippen LogP contribution >= 0.6 is 0 Å². The van der Waals surface area contributed by atoms with Gasteiger partial charge in [-0.15, -0.1) is 0 Å². The first-order chi connectivity index (χ1) is 11.4. The van der Waals surface area contributed by atoms with E-state index < -0.39 is 18.0 Å². The van der Waals surface area contributed by atoms with Gasteiger partial charge in [-0.1, -0.05) is 0 Å². The molecule has 0 spiro atoms. The highest BCUT2D eigenvalue weighted by atomic mass is 16.7. The monoisotopic (exact) mass is 332 g/mol. The van der Waals surface area contributed by atoms with Gasteiger partial charge in [0.15, 0.2) is 11.5 Å². The van der Waals surface area contributed by atoms with E-state index in [1.807, 2.05) is 0 Å². The third kappa shape index (κ3) is 2.58. The minimum Gasteiger partial charge on any atom is -0.495 e. The summed E-state index contributed by atoms with van der Waals surface area (Å²) >= 11 is 0. The summed E-state index contributed by atoms with van der Waals surface area (Å²) in [5.41, 5.74) is -0.311. The summed E-state index contributed by atoms with van der Waals surface area (Å²) < 4.78 is 21.2. The number of ether oxygens (including phenoxy) is 4. The summed E-state index contributed by atoms with van der Waals surface area (Å²) in [4.78, 5) is 24.1. The molecule has 0 aromatic heterocycles. The van der Waals surface area contributed by atoms with Gasteiger partial charge in [0.05, 0.1) is 18.8 Å². The molecule has 126 valence electrons. The smallest absolute Gasteiger partial charge is 0.343 e. The lowest BCUT2D eigenvalue weighted by molar-refractivity contribution is 0.0367. The topological polar surface area (TPSA) is 91.3 Å². The van der Waals surface area contributed by atoms with Gasteiger partial charge < -0.3 is 24.1 Å². The van der Waals surface area contributed by atoms with Crippen molar-refractivity contribution in [3.05, 3.63) is 29.3 Å². The zero-order chi connectivity index (χ0) is 17.4. The average molecular weight is 332 g/mol. The zero-order valence-electron chi connectivity index (χ0n) is 13.4. The van der Waals surface area contributed by atoms with Crippen LogP contribution in [0.25, 0.3) is 10.8 Å². The molecule has 0 saturated carbocycles. The van der Waals surface area contributed by atoms with E-state index in [1.54, 1.807) is 26.0 Å². The van der Waals surface area contributed by atoms with Crippen LogP contribution in [-0.4, -0.2) is 37.1 Å². The first-order valence-corrected chi connectivity index (χ1v) is 7.31. The zero-order valence-corrected chi connectivity index (χ0v) is 13.4. The van der Waals surface area contributed by atoms with E-state index in [9.17, 15) is 14.7 Å². The molecule has 1 aliphatic rings. The molecule has 0 fully saturated rings. The van der Waals surface area contributed by atoms with Crippen molar-refractivity contribution in [1.29, 1.82) is 0 Å². The van der Waals surface area contributed by atoms with Crippen molar-refractivity contribution < 1.29 is 33.6 Å². The average Bonchev–Trinajstić information content (AvgIpc) is 2.97. The molecule has 0 aliphatic carbocycles. The Hall–Kier alpha value is -2.96. The lowest BCUT2D eigenvalue weighted by Gasteiger charge is -2.16. The molecule has 0 saturated heterocycles. The van der Waals surface area contributed by atoms with Crippen LogP contribution < -0.4 is 14.2 Å². The quantitative estimate of drug-likeness (QED) is 0.861. The van der Waals surface area contributed by atoms with Gasteiger partial charge in [-0.25, -0.2) is 9.59 Å². The summed E-state index contributed by atoms with van der Waals surface area (Å²) in [5.74, 6) is -0.846. The minimum atomic E-state index is -1.25. The molecule has 0 amide bonds. The van der Waals surface area contributed by atoms with Crippen molar-refractivity contribution in [1.82, 2.24) is 0 Å². The maximum Gasteiger partial charge on any atom is 0.343 e. The number of carbonyl (C=O) groups excluding carboxylic acids is 1. The number of benzene rings is 2. The molecule has 0 radical (unpaired) electrons. The molecule has 3 rings (SSSR count). The number of rotatable bonds is 4. The number of aromatic carboxylic acids is 1. The Morgan fingerprint density at radius 3 is 2.42 bits per heavy atom. The van der Waals surface area contributed by atoms with Crippen molar-refractivity contribution in [2.45, 2.75) is 20.0 Å². The molecule has 0 bridgehead atoms. The first kappa shape index (κ1) is 15.9. The molecular weight excluding hydrogens is 316 g/mol. The van der Waals surface area contributed by atoms with Crippen LogP contribution in [0, 0.1) is 0 Å². The molecule has 0 unspecified atom stereocenters. The molecule has 2 aromatic carbocycles. The summed E-state index contributed by atoms with van der Waals surface area (Å²) in [6.45, 7) is 3.45. The number of carbonyl (C=O) groups is 2. The van der Waals surface area contributed by atoms with Gasteiger partial charge in [0.25, 0.3) is 0 Å². The van der Waals surface area contributed by atoms with E-state index in [-0.39, 0.29) is 23.7 Å². The van der Waals surface area contributed by atoms with E-state index in [2.05, 4.69) is 0 Å². The third-order valence-electron chi connectivity index (χ3n) is 3.57. The fraction of sp³-hybridized carbons (Fsp3) is 0.294. The van der Waals surface area contributed by atoms with Crippen molar-refractivity contribution >= 4 is 22.7 Å². The molecular formula is C17H16O7. The summed E-state index contributed by atoms with van der Waals surface area (Å²) in [6, 6.07) is 4.72. The van der Waals surface area contributed by atoms with Crippen LogP contribution in [0.1, 0.15) is 34.6 Å². The SMILES string of the molecule is COc1c(C(=O)OC(C)C)c(C(=O)O)cc2cc3c(cc12)OCO3. The number of hydrogen-bond acceptors (Lipinski definition) is 6. The summed E-state index contributed by atoms with van der Waals surface area (Å²) in [7, 11) is 1.37. The van der Waals surface area contributed by atoms with Crippen LogP contribution in [0.2, 0.25) is 0 Å². The molecule has 1 N–H and O–H groups in total. The second-order valence-electron chi connectivity index (χ2n) is 5.52. The van der Waals surface area contributed by atoms with Crippen LogP contribution in [0.4, 0.5) is 0 Å². The Bertz CT molecular complexity index is 839. The molecule has 0 atom stereocenters. The van der Waals surface area contributed by atoms with Crippen LogP contribution in [0.5, 0.6) is 17.2 Å². The lowest BCUT2D eigenvalue weighted by atomic mass is 9.98. The van der Waals surface area contributed by atoms with Gasteiger partial charge in [0.2, 0.25) is 6.79 Å². The molecule has 1 heterocycles. The largest absolute Gasteiger partial charge is 0.495 e. The Morgan fingerprint density at radius 1 is 1.17 bits per heavy atom. The number of carboxylic acids is 1. The fourth-order valence-electron chi connectivity index (χ4n) is 2.61. The van der Waals surface area contributed by atoms with Crippen LogP contribution in [-0.2, 0) is 4.74 Å². The highest BCUT2D eigenvalue weighted by molar-refractivity contribution is 6.11. The highest BCUT2D eigenvalue weighted by Crippen LogP contribution is 2.41. The van der Waals surface area contributed by atoms with E-state index in [0.29, 0.717) is 22.3 Å². The predicted octanol–water partition coefficient (Wildman–Crippen LogP) is 2.84. The van der Waals surface area contributed by atoms with Crippen molar-refractivity contribution in [3.8, 4) is 17.2 Å². The molecule has 1 aliphatic heterocycles. The predicted molar refractivity (Wildman–Crippen MR) is 84.1 cm³/mol. The van der Waals surface area contributed by atoms with E-state index >= 15 is 0 Å². The molecule has 7 heteroatoms. The van der Waals surface area contributed by atoms with E-state index in [1.165, 1.54) is 13.2 Å².